The summed E-state index contributed by atoms with van der Waals surface area (Å²) in [5.74, 6) is -1.61. The first-order chi connectivity index (χ1) is 14.5. The Balaban J connectivity index is 1.64. The lowest BCUT2D eigenvalue weighted by atomic mass is 10.2. The summed E-state index contributed by atoms with van der Waals surface area (Å²) in [6, 6.07) is 19.0. The lowest BCUT2D eigenvalue weighted by Crippen LogP contribution is -2.38. The van der Waals surface area contributed by atoms with Gasteiger partial charge in [0.15, 0.2) is 0 Å². The average molecular weight is 410 g/mol. The molecule has 0 aliphatic rings. The Labute approximate surface area is 172 Å². The maximum absolute atomic E-state index is 13.7. The van der Waals surface area contributed by atoms with Crippen LogP contribution in [-0.4, -0.2) is 29.8 Å². The Morgan fingerprint density at radius 1 is 0.867 bits per heavy atom. The topological polar surface area (TPSA) is 58.6 Å². The van der Waals surface area contributed by atoms with Gasteiger partial charge in [-0.25, -0.2) is 8.78 Å². The molecule has 30 heavy (non-hydrogen) atoms. The number of amides is 2. The van der Waals surface area contributed by atoms with E-state index in [0.717, 1.165) is 12.1 Å². The van der Waals surface area contributed by atoms with Crippen LogP contribution in [0.3, 0.4) is 0 Å². The predicted molar refractivity (Wildman–Crippen MR) is 110 cm³/mol. The van der Waals surface area contributed by atoms with Gasteiger partial charge in [0.2, 0.25) is 5.91 Å². The number of likely N-dealkylation sites (N-methyl/N-ethyl adjacent to an activating group) is 1. The van der Waals surface area contributed by atoms with E-state index in [1.807, 2.05) is 30.3 Å². The van der Waals surface area contributed by atoms with Crippen molar-refractivity contribution >= 4 is 17.5 Å². The smallest absolute Gasteiger partial charge is 0.254 e. The normalized spacial score (nSPS) is 10.4. The van der Waals surface area contributed by atoms with E-state index < -0.39 is 23.2 Å². The van der Waals surface area contributed by atoms with Crippen molar-refractivity contribution in [3.63, 3.8) is 0 Å². The fourth-order valence-corrected chi connectivity index (χ4v) is 2.77. The Morgan fingerprint density at radius 2 is 1.47 bits per heavy atom. The van der Waals surface area contributed by atoms with Crippen LogP contribution < -0.4 is 10.1 Å². The number of nitrogens with one attached hydrogen (secondary N) is 1. The number of hydrogen-bond acceptors (Lipinski definition) is 3. The van der Waals surface area contributed by atoms with Crippen LogP contribution in [0.1, 0.15) is 17.3 Å². The average Bonchev–Trinajstić information content (AvgIpc) is 2.75. The van der Waals surface area contributed by atoms with Crippen molar-refractivity contribution in [1.29, 1.82) is 0 Å². The Hall–Kier alpha value is -3.74. The van der Waals surface area contributed by atoms with Gasteiger partial charge >= 0.3 is 0 Å². The van der Waals surface area contributed by atoms with Crippen molar-refractivity contribution in [3.8, 4) is 11.5 Å². The van der Waals surface area contributed by atoms with E-state index >= 15 is 0 Å². The molecule has 0 spiro atoms. The summed E-state index contributed by atoms with van der Waals surface area (Å²) in [6.45, 7) is 1.61. The quantitative estimate of drug-likeness (QED) is 0.605. The van der Waals surface area contributed by atoms with E-state index in [2.05, 4.69) is 5.32 Å². The number of para-hydroxylation sites is 2. The van der Waals surface area contributed by atoms with E-state index in [9.17, 15) is 18.4 Å². The highest BCUT2D eigenvalue weighted by molar-refractivity contribution is 5.99. The molecule has 0 heterocycles. The van der Waals surface area contributed by atoms with Gasteiger partial charge in [-0.05, 0) is 55.5 Å². The minimum absolute atomic E-state index is 0.244. The van der Waals surface area contributed by atoms with Crippen LogP contribution >= 0.6 is 0 Å². The lowest BCUT2D eigenvalue weighted by Gasteiger charge is -2.20. The Morgan fingerprint density at radius 3 is 2.07 bits per heavy atom. The number of rotatable bonds is 7. The van der Waals surface area contributed by atoms with E-state index in [1.165, 1.54) is 11.0 Å². The van der Waals surface area contributed by atoms with Crippen LogP contribution in [0, 0.1) is 11.6 Å². The van der Waals surface area contributed by atoms with E-state index in [4.69, 9.17) is 4.74 Å². The zero-order valence-corrected chi connectivity index (χ0v) is 16.3. The molecule has 0 bridgehead atoms. The summed E-state index contributed by atoms with van der Waals surface area (Å²) in [7, 11) is 0. The molecule has 0 aliphatic carbocycles. The van der Waals surface area contributed by atoms with Gasteiger partial charge < -0.3 is 15.0 Å². The predicted octanol–water partition coefficient (Wildman–Crippen LogP) is 4.86. The van der Waals surface area contributed by atoms with Crippen LogP contribution in [0.5, 0.6) is 11.5 Å². The van der Waals surface area contributed by atoms with Gasteiger partial charge in [0.25, 0.3) is 5.91 Å². The number of nitrogens with zero attached hydrogens (tertiary/aromatic N) is 1. The number of ether oxygens (including phenoxy) is 1. The first kappa shape index (κ1) is 21.0. The van der Waals surface area contributed by atoms with Crippen LogP contribution in [0.25, 0.3) is 0 Å². The number of hydrogen-bond donors (Lipinski definition) is 1. The Kier molecular flexibility index (Phi) is 6.75. The molecule has 5 nitrogen and oxygen atoms in total. The molecule has 0 unspecified atom stereocenters. The molecule has 3 aromatic rings. The molecule has 154 valence electrons. The third-order valence-corrected chi connectivity index (χ3v) is 4.31. The lowest BCUT2D eigenvalue weighted by molar-refractivity contribution is -0.116. The maximum Gasteiger partial charge on any atom is 0.254 e. The Bertz CT molecular complexity index is 1000. The molecule has 3 rings (SSSR count). The minimum atomic E-state index is -0.883. The molecular formula is C23H20F2N2O3. The number of anilines is 1. The largest absolute Gasteiger partial charge is 0.457 e. The summed E-state index contributed by atoms with van der Waals surface area (Å²) in [6.07, 6.45) is 0. The highest BCUT2D eigenvalue weighted by atomic mass is 19.1. The molecule has 2 amide bonds. The minimum Gasteiger partial charge on any atom is -0.457 e. The standard InChI is InChI=1S/C23H20F2N2O3/c1-2-27(15-21(28)26-22-19(24)9-6-10-20(22)25)23(29)16-11-13-18(14-12-16)30-17-7-4-3-5-8-17/h3-14H,2,15H2,1H3,(H,26,28). The first-order valence-electron chi connectivity index (χ1n) is 9.34. The van der Waals surface area contributed by atoms with Crippen LogP contribution in [0.15, 0.2) is 72.8 Å². The zero-order chi connectivity index (χ0) is 21.5. The van der Waals surface area contributed by atoms with Gasteiger partial charge in [-0.2, -0.15) is 0 Å². The van der Waals surface area contributed by atoms with Crippen molar-refractivity contribution < 1.29 is 23.1 Å². The van der Waals surface area contributed by atoms with Crippen LogP contribution in [0.2, 0.25) is 0 Å². The highest BCUT2D eigenvalue weighted by Crippen LogP contribution is 2.22. The number of carbonyl (C=O) groups excluding carboxylic acids is 2. The second-order valence-electron chi connectivity index (χ2n) is 6.40. The van der Waals surface area contributed by atoms with E-state index in [-0.39, 0.29) is 19.0 Å². The molecule has 0 aromatic heterocycles. The van der Waals surface area contributed by atoms with Gasteiger partial charge in [-0.3, -0.25) is 9.59 Å². The van der Waals surface area contributed by atoms with Crippen molar-refractivity contribution in [3.05, 3.63) is 90.0 Å². The first-order valence-corrected chi connectivity index (χ1v) is 9.34. The molecule has 1 N–H and O–H groups in total. The summed E-state index contributed by atoms with van der Waals surface area (Å²) in [5, 5.41) is 2.18. The second-order valence-corrected chi connectivity index (χ2v) is 6.40. The van der Waals surface area contributed by atoms with Crippen molar-refractivity contribution in [2.24, 2.45) is 0 Å². The fraction of sp³-hybridized carbons (Fsp3) is 0.130. The maximum atomic E-state index is 13.7. The molecule has 7 heteroatoms. The number of halogens is 2. The van der Waals surface area contributed by atoms with Gasteiger partial charge in [-0.15, -0.1) is 0 Å². The van der Waals surface area contributed by atoms with Crippen LogP contribution in [-0.2, 0) is 4.79 Å². The summed E-state index contributed by atoms with van der Waals surface area (Å²) >= 11 is 0. The van der Waals surface area contributed by atoms with Crippen molar-refractivity contribution in [1.82, 2.24) is 4.90 Å². The fourth-order valence-electron chi connectivity index (χ4n) is 2.77. The molecule has 0 radical (unpaired) electrons. The highest BCUT2D eigenvalue weighted by Gasteiger charge is 2.19. The second kappa shape index (κ2) is 9.65. The van der Waals surface area contributed by atoms with Gasteiger partial charge in [-0.1, -0.05) is 24.3 Å². The monoisotopic (exact) mass is 410 g/mol. The van der Waals surface area contributed by atoms with Crippen LogP contribution in [0.4, 0.5) is 14.5 Å². The molecule has 0 saturated carbocycles. The van der Waals surface area contributed by atoms with Crippen molar-refractivity contribution in [2.45, 2.75) is 6.92 Å². The molecule has 0 fully saturated rings. The third-order valence-electron chi connectivity index (χ3n) is 4.31. The van der Waals surface area contributed by atoms with Gasteiger partial charge in [0, 0.05) is 12.1 Å². The third kappa shape index (κ3) is 5.20. The SMILES string of the molecule is CCN(CC(=O)Nc1c(F)cccc1F)C(=O)c1ccc(Oc2ccccc2)cc1. The summed E-state index contributed by atoms with van der Waals surface area (Å²) < 4.78 is 33.1. The molecular weight excluding hydrogens is 390 g/mol. The summed E-state index contributed by atoms with van der Waals surface area (Å²) in [5.41, 5.74) is -0.171. The molecule has 3 aromatic carbocycles. The molecule has 0 atom stereocenters. The molecule has 0 saturated heterocycles. The number of carbonyl (C=O) groups is 2. The van der Waals surface area contributed by atoms with E-state index in [1.54, 1.807) is 31.2 Å². The van der Waals surface area contributed by atoms with Gasteiger partial charge in [0.1, 0.15) is 35.4 Å². The number of benzene rings is 3. The molecule has 0 aliphatic heterocycles. The van der Waals surface area contributed by atoms with Crippen molar-refractivity contribution in [2.75, 3.05) is 18.4 Å². The van der Waals surface area contributed by atoms with E-state index in [0.29, 0.717) is 17.1 Å². The zero-order valence-electron chi connectivity index (χ0n) is 16.3. The summed E-state index contributed by atoms with van der Waals surface area (Å²) in [4.78, 5) is 26.2. The van der Waals surface area contributed by atoms with Gasteiger partial charge in [0.05, 0.1) is 0 Å².